The average molecular weight is 308 g/mol. The molecule has 1 aliphatic rings. The Morgan fingerprint density at radius 2 is 1.48 bits per heavy atom. The molecule has 0 saturated carbocycles. The molecule has 4 atom stereocenters. The van der Waals surface area contributed by atoms with Crippen LogP contribution in [0, 0.1) is 0 Å². The summed E-state index contributed by atoms with van der Waals surface area (Å²) in [5, 5.41) is 0. The minimum atomic E-state index is 0.475. The van der Waals surface area contributed by atoms with Crippen LogP contribution in [0.15, 0.2) is 60.7 Å². The topological polar surface area (TPSA) is 12.5 Å². The zero-order valence-electron chi connectivity index (χ0n) is 14.3. The maximum Gasteiger partial charge on any atom is 0.0847 e. The summed E-state index contributed by atoms with van der Waals surface area (Å²) in [4.78, 5) is 0. The van der Waals surface area contributed by atoms with Crippen LogP contribution in [0.1, 0.15) is 62.5 Å². The Kier molecular flexibility index (Phi) is 5.51. The molecule has 4 unspecified atom stereocenters. The molecule has 0 bridgehead atoms. The van der Waals surface area contributed by atoms with Gasteiger partial charge in [-0.25, -0.2) is 0 Å². The zero-order valence-corrected chi connectivity index (χ0v) is 14.3. The number of hydrogen-bond donors (Lipinski definition) is 0. The number of ether oxygens (including phenoxy) is 1. The van der Waals surface area contributed by atoms with E-state index >= 15 is 0 Å². The van der Waals surface area contributed by atoms with E-state index in [-0.39, 0.29) is 0 Å². The molecule has 0 spiro atoms. The van der Waals surface area contributed by atoms with Crippen molar-refractivity contribution in [3.05, 3.63) is 71.8 Å². The van der Waals surface area contributed by atoms with Gasteiger partial charge in [-0.15, -0.1) is 0 Å². The van der Waals surface area contributed by atoms with Crippen LogP contribution in [0.5, 0.6) is 0 Å². The fraction of sp³-hybridized carbons (Fsp3) is 0.455. The number of epoxide rings is 1. The molecule has 122 valence electrons. The predicted octanol–water partition coefficient (Wildman–Crippen LogP) is 5.92. The van der Waals surface area contributed by atoms with E-state index in [0.717, 1.165) is 0 Å². The third kappa shape index (κ3) is 4.45. The molecule has 0 N–H and O–H groups in total. The van der Waals surface area contributed by atoms with Crippen molar-refractivity contribution >= 4 is 0 Å². The Balaban J connectivity index is 1.45. The highest BCUT2D eigenvalue weighted by Crippen LogP contribution is 2.38. The third-order valence-electron chi connectivity index (χ3n) is 5.22. The largest absolute Gasteiger partial charge is 0.370 e. The van der Waals surface area contributed by atoms with Gasteiger partial charge in [0.2, 0.25) is 0 Å². The van der Waals surface area contributed by atoms with Crippen molar-refractivity contribution in [1.82, 2.24) is 0 Å². The fourth-order valence-corrected chi connectivity index (χ4v) is 3.55. The van der Waals surface area contributed by atoms with Crippen molar-refractivity contribution in [3.63, 3.8) is 0 Å². The van der Waals surface area contributed by atoms with Gasteiger partial charge in [0.25, 0.3) is 0 Å². The molecule has 0 amide bonds. The van der Waals surface area contributed by atoms with Gasteiger partial charge < -0.3 is 4.74 Å². The molecule has 2 aromatic rings. The summed E-state index contributed by atoms with van der Waals surface area (Å²) in [6, 6.07) is 21.7. The van der Waals surface area contributed by atoms with Crippen LogP contribution >= 0.6 is 0 Å². The first kappa shape index (κ1) is 16.3. The molecule has 0 radical (unpaired) electrons. The Bertz CT molecular complexity index is 577. The summed E-state index contributed by atoms with van der Waals surface area (Å²) in [6.07, 6.45) is 5.73. The van der Waals surface area contributed by atoms with Gasteiger partial charge in [-0.2, -0.15) is 0 Å². The minimum absolute atomic E-state index is 0.475. The zero-order chi connectivity index (χ0) is 16.1. The van der Waals surface area contributed by atoms with Crippen LogP contribution in [0.25, 0.3) is 0 Å². The van der Waals surface area contributed by atoms with Crippen molar-refractivity contribution in [2.75, 3.05) is 0 Å². The lowest BCUT2D eigenvalue weighted by molar-refractivity contribution is 0.341. The summed E-state index contributed by atoms with van der Waals surface area (Å²) in [5.74, 6) is 1.26. The van der Waals surface area contributed by atoms with Crippen molar-refractivity contribution in [1.29, 1.82) is 0 Å². The molecule has 1 saturated heterocycles. The lowest BCUT2D eigenvalue weighted by atomic mass is 9.90. The SMILES string of the molecule is CCC(CC1OC1CCC(C)c1ccccc1)c1ccccc1. The van der Waals surface area contributed by atoms with Crippen molar-refractivity contribution in [2.45, 2.75) is 63.6 Å². The second kappa shape index (κ2) is 7.79. The maximum absolute atomic E-state index is 5.96. The molecule has 1 heterocycles. The Hall–Kier alpha value is -1.60. The van der Waals surface area contributed by atoms with E-state index in [1.54, 1.807) is 0 Å². The molecule has 1 aliphatic heterocycles. The summed E-state index contributed by atoms with van der Waals surface area (Å²) >= 11 is 0. The Labute approximate surface area is 140 Å². The minimum Gasteiger partial charge on any atom is -0.370 e. The van der Waals surface area contributed by atoms with Crippen molar-refractivity contribution < 1.29 is 4.74 Å². The van der Waals surface area contributed by atoms with Crippen LogP contribution in [0.4, 0.5) is 0 Å². The van der Waals surface area contributed by atoms with Gasteiger partial charge in [-0.1, -0.05) is 74.5 Å². The summed E-state index contributed by atoms with van der Waals surface area (Å²) in [6.45, 7) is 4.61. The van der Waals surface area contributed by atoms with E-state index in [2.05, 4.69) is 74.5 Å². The molecular weight excluding hydrogens is 280 g/mol. The first-order valence-electron chi connectivity index (χ1n) is 9.03. The van der Waals surface area contributed by atoms with E-state index in [9.17, 15) is 0 Å². The van der Waals surface area contributed by atoms with Gasteiger partial charge in [0.15, 0.2) is 0 Å². The molecule has 1 heteroatoms. The quantitative estimate of drug-likeness (QED) is 0.551. The van der Waals surface area contributed by atoms with Crippen LogP contribution in [0.2, 0.25) is 0 Å². The monoisotopic (exact) mass is 308 g/mol. The Morgan fingerprint density at radius 1 is 0.870 bits per heavy atom. The van der Waals surface area contributed by atoms with Gasteiger partial charge >= 0.3 is 0 Å². The molecule has 23 heavy (non-hydrogen) atoms. The molecule has 0 aliphatic carbocycles. The van der Waals surface area contributed by atoms with E-state index < -0.39 is 0 Å². The van der Waals surface area contributed by atoms with Crippen LogP contribution < -0.4 is 0 Å². The molecular formula is C22H28O. The summed E-state index contributed by atoms with van der Waals surface area (Å²) < 4.78 is 5.96. The summed E-state index contributed by atoms with van der Waals surface area (Å²) in [7, 11) is 0. The Morgan fingerprint density at radius 3 is 2.09 bits per heavy atom. The molecule has 3 rings (SSSR count). The fourth-order valence-electron chi connectivity index (χ4n) is 3.55. The maximum atomic E-state index is 5.96. The second-order valence-electron chi connectivity index (χ2n) is 6.85. The van der Waals surface area contributed by atoms with Gasteiger partial charge in [0.05, 0.1) is 12.2 Å². The van der Waals surface area contributed by atoms with Crippen molar-refractivity contribution in [2.24, 2.45) is 0 Å². The van der Waals surface area contributed by atoms with E-state index in [4.69, 9.17) is 4.74 Å². The highest BCUT2D eigenvalue weighted by molar-refractivity contribution is 5.20. The standard InChI is InChI=1S/C22H28O/c1-3-18(20-12-8-5-9-13-20)16-22-21(23-22)15-14-17(2)19-10-6-4-7-11-19/h4-13,17-18,21-22H,3,14-16H2,1-2H3. The molecule has 1 fully saturated rings. The molecule has 2 aromatic carbocycles. The normalized spacial score (nSPS) is 22.5. The highest BCUT2D eigenvalue weighted by atomic mass is 16.6. The predicted molar refractivity (Wildman–Crippen MR) is 96.8 cm³/mol. The first-order valence-corrected chi connectivity index (χ1v) is 9.03. The van der Waals surface area contributed by atoms with E-state index in [1.807, 2.05) is 0 Å². The summed E-state index contributed by atoms with van der Waals surface area (Å²) in [5.41, 5.74) is 2.90. The second-order valence-corrected chi connectivity index (χ2v) is 6.85. The van der Waals surface area contributed by atoms with Crippen LogP contribution in [-0.2, 0) is 4.74 Å². The molecule has 1 nitrogen and oxygen atoms in total. The van der Waals surface area contributed by atoms with Gasteiger partial charge in [0, 0.05) is 0 Å². The lowest BCUT2D eigenvalue weighted by Crippen LogP contribution is -2.05. The van der Waals surface area contributed by atoms with Gasteiger partial charge in [0.1, 0.15) is 0 Å². The number of benzene rings is 2. The smallest absolute Gasteiger partial charge is 0.0847 e. The van der Waals surface area contributed by atoms with Crippen LogP contribution in [-0.4, -0.2) is 12.2 Å². The number of hydrogen-bond acceptors (Lipinski definition) is 1. The highest BCUT2D eigenvalue weighted by Gasteiger charge is 2.39. The third-order valence-corrected chi connectivity index (χ3v) is 5.22. The molecule has 0 aromatic heterocycles. The average Bonchev–Trinajstić information content (AvgIpc) is 3.37. The first-order chi connectivity index (χ1) is 11.3. The van der Waals surface area contributed by atoms with Gasteiger partial charge in [-0.3, -0.25) is 0 Å². The lowest BCUT2D eigenvalue weighted by Gasteiger charge is -2.14. The van der Waals surface area contributed by atoms with E-state index in [0.29, 0.717) is 24.0 Å². The number of rotatable bonds is 8. The van der Waals surface area contributed by atoms with Crippen LogP contribution in [0.3, 0.4) is 0 Å². The van der Waals surface area contributed by atoms with Crippen molar-refractivity contribution in [3.8, 4) is 0 Å². The van der Waals surface area contributed by atoms with Gasteiger partial charge in [-0.05, 0) is 48.6 Å². The van der Waals surface area contributed by atoms with E-state index in [1.165, 1.54) is 36.8 Å².